The fourth-order valence-corrected chi connectivity index (χ4v) is 2.53. The summed E-state index contributed by atoms with van der Waals surface area (Å²) in [6.45, 7) is 0.686. The molecule has 0 aliphatic heterocycles. The predicted octanol–water partition coefficient (Wildman–Crippen LogP) is 2.81. The van der Waals surface area contributed by atoms with Crippen molar-refractivity contribution in [2.75, 3.05) is 0 Å². The van der Waals surface area contributed by atoms with Gasteiger partial charge in [0.05, 0.1) is 18.8 Å². The number of nitrogens with one attached hydrogen (secondary N) is 2. The minimum Gasteiger partial charge on any atom is -0.332 e. The quantitative estimate of drug-likeness (QED) is 0.892. The molecule has 0 saturated heterocycles. The molecule has 0 spiro atoms. The van der Waals surface area contributed by atoms with E-state index in [9.17, 15) is 9.18 Å². The smallest absolute Gasteiger partial charge is 0.318 e. The van der Waals surface area contributed by atoms with Gasteiger partial charge in [0.15, 0.2) is 0 Å². The molecule has 0 radical (unpaired) electrons. The van der Waals surface area contributed by atoms with E-state index in [1.807, 2.05) is 6.07 Å². The SMILES string of the molecule is O=C(NCc1ccn[nH]1)N(Cc1ccccc1F)C1CCC1. The minimum absolute atomic E-state index is 0.164. The highest BCUT2D eigenvalue weighted by Gasteiger charge is 2.29. The van der Waals surface area contributed by atoms with E-state index in [0.717, 1.165) is 25.0 Å². The third kappa shape index (κ3) is 3.27. The Kier molecular flexibility index (Phi) is 4.37. The first-order chi connectivity index (χ1) is 10.7. The van der Waals surface area contributed by atoms with Gasteiger partial charge in [-0.05, 0) is 31.4 Å². The third-order valence-electron chi connectivity index (χ3n) is 4.06. The highest BCUT2D eigenvalue weighted by atomic mass is 19.1. The number of nitrogens with zero attached hydrogens (tertiary/aromatic N) is 2. The minimum atomic E-state index is -0.270. The number of halogens is 1. The molecule has 6 heteroatoms. The van der Waals surface area contributed by atoms with Crippen LogP contribution < -0.4 is 5.32 Å². The van der Waals surface area contributed by atoms with E-state index in [1.165, 1.54) is 6.07 Å². The van der Waals surface area contributed by atoms with Crippen molar-refractivity contribution < 1.29 is 9.18 Å². The number of amides is 2. The molecule has 1 heterocycles. The van der Waals surface area contributed by atoms with Gasteiger partial charge in [0.25, 0.3) is 0 Å². The Labute approximate surface area is 128 Å². The Hall–Kier alpha value is -2.37. The summed E-state index contributed by atoms with van der Waals surface area (Å²) in [4.78, 5) is 14.2. The zero-order valence-electron chi connectivity index (χ0n) is 12.3. The summed E-state index contributed by atoms with van der Waals surface area (Å²) in [7, 11) is 0. The second kappa shape index (κ2) is 6.60. The molecule has 5 nitrogen and oxygen atoms in total. The largest absolute Gasteiger partial charge is 0.332 e. The lowest BCUT2D eigenvalue weighted by molar-refractivity contribution is 0.131. The molecule has 0 unspecified atom stereocenters. The van der Waals surface area contributed by atoms with Crippen LogP contribution in [0.1, 0.15) is 30.5 Å². The summed E-state index contributed by atoms with van der Waals surface area (Å²) >= 11 is 0. The summed E-state index contributed by atoms with van der Waals surface area (Å²) in [5, 5.41) is 9.52. The van der Waals surface area contributed by atoms with Crippen LogP contribution >= 0.6 is 0 Å². The Balaban J connectivity index is 1.66. The van der Waals surface area contributed by atoms with Crippen molar-refractivity contribution in [1.82, 2.24) is 20.4 Å². The van der Waals surface area contributed by atoms with Crippen molar-refractivity contribution in [3.05, 3.63) is 53.6 Å². The van der Waals surface area contributed by atoms with Crippen LogP contribution in [0.2, 0.25) is 0 Å². The zero-order valence-corrected chi connectivity index (χ0v) is 12.3. The number of H-pyrrole nitrogens is 1. The summed E-state index contributed by atoms with van der Waals surface area (Å²) in [6.07, 6.45) is 4.72. The zero-order chi connectivity index (χ0) is 15.4. The number of rotatable bonds is 5. The van der Waals surface area contributed by atoms with Crippen molar-refractivity contribution in [2.45, 2.75) is 38.4 Å². The van der Waals surface area contributed by atoms with E-state index in [-0.39, 0.29) is 17.9 Å². The van der Waals surface area contributed by atoms with E-state index in [4.69, 9.17) is 0 Å². The molecule has 2 amide bonds. The number of hydrogen-bond acceptors (Lipinski definition) is 2. The molecule has 1 saturated carbocycles. The van der Waals surface area contributed by atoms with Crippen LogP contribution in [0.25, 0.3) is 0 Å². The highest BCUT2D eigenvalue weighted by Crippen LogP contribution is 2.26. The maximum Gasteiger partial charge on any atom is 0.318 e. The maximum absolute atomic E-state index is 13.8. The second-order valence-electron chi connectivity index (χ2n) is 5.54. The third-order valence-corrected chi connectivity index (χ3v) is 4.06. The second-order valence-corrected chi connectivity index (χ2v) is 5.54. The lowest BCUT2D eigenvalue weighted by atomic mass is 9.91. The molecule has 2 aromatic rings. The van der Waals surface area contributed by atoms with Gasteiger partial charge >= 0.3 is 6.03 Å². The Bertz CT molecular complexity index is 625. The van der Waals surface area contributed by atoms with Crippen LogP contribution in [0.5, 0.6) is 0 Å². The first-order valence-electron chi connectivity index (χ1n) is 7.50. The fourth-order valence-electron chi connectivity index (χ4n) is 2.53. The predicted molar refractivity (Wildman–Crippen MR) is 80.4 cm³/mol. The number of aromatic amines is 1. The van der Waals surface area contributed by atoms with Crippen LogP contribution in [0, 0.1) is 5.82 Å². The standard InChI is InChI=1S/C16H19FN4O/c17-15-7-2-1-4-12(15)11-21(14-5-3-6-14)16(22)18-10-13-8-9-19-20-13/h1-2,4,7-9,14H,3,5-6,10-11H2,(H,18,22)(H,19,20). The van der Waals surface area contributed by atoms with E-state index in [1.54, 1.807) is 29.3 Å². The van der Waals surface area contributed by atoms with E-state index in [0.29, 0.717) is 18.7 Å². The first-order valence-corrected chi connectivity index (χ1v) is 7.50. The molecule has 2 N–H and O–H groups in total. The maximum atomic E-state index is 13.8. The van der Waals surface area contributed by atoms with Gasteiger partial charge in [-0.1, -0.05) is 18.2 Å². The topological polar surface area (TPSA) is 61.0 Å². The number of hydrogen-bond donors (Lipinski definition) is 2. The monoisotopic (exact) mass is 302 g/mol. The Morgan fingerprint density at radius 3 is 2.82 bits per heavy atom. The molecular weight excluding hydrogens is 283 g/mol. The average molecular weight is 302 g/mol. The molecule has 1 fully saturated rings. The van der Waals surface area contributed by atoms with E-state index < -0.39 is 0 Å². The molecule has 1 aliphatic rings. The van der Waals surface area contributed by atoms with Gasteiger partial charge in [-0.3, -0.25) is 5.10 Å². The summed E-state index contributed by atoms with van der Waals surface area (Å²) < 4.78 is 13.8. The Morgan fingerprint density at radius 2 is 2.18 bits per heavy atom. The van der Waals surface area contributed by atoms with Crippen molar-refractivity contribution in [1.29, 1.82) is 0 Å². The molecule has 3 rings (SSSR count). The van der Waals surface area contributed by atoms with Crippen molar-refractivity contribution in [3.8, 4) is 0 Å². The van der Waals surface area contributed by atoms with Gasteiger partial charge < -0.3 is 10.2 Å². The number of benzene rings is 1. The van der Waals surface area contributed by atoms with Crippen LogP contribution in [0.4, 0.5) is 9.18 Å². The van der Waals surface area contributed by atoms with Gasteiger partial charge in [-0.25, -0.2) is 9.18 Å². The van der Waals surface area contributed by atoms with E-state index >= 15 is 0 Å². The van der Waals surface area contributed by atoms with Crippen molar-refractivity contribution >= 4 is 6.03 Å². The van der Waals surface area contributed by atoms with E-state index in [2.05, 4.69) is 15.5 Å². The molecule has 1 aromatic carbocycles. The molecule has 1 aliphatic carbocycles. The highest BCUT2D eigenvalue weighted by molar-refractivity contribution is 5.74. The van der Waals surface area contributed by atoms with Crippen LogP contribution in [-0.4, -0.2) is 27.2 Å². The normalized spacial score (nSPS) is 14.4. The van der Waals surface area contributed by atoms with Crippen LogP contribution in [0.15, 0.2) is 36.5 Å². The molecule has 22 heavy (non-hydrogen) atoms. The van der Waals surface area contributed by atoms with Gasteiger partial charge in [0, 0.05) is 17.8 Å². The number of carbonyl (C=O) groups is 1. The van der Waals surface area contributed by atoms with Crippen molar-refractivity contribution in [3.63, 3.8) is 0 Å². The van der Waals surface area contributed by atoms with Crippen LogP contribution in [-0.2, 0) is 13.1 Å². The Morgan fingerprint density at radius 1 is 1.36 bits per heavy atom. The summed E-state index contributed by atoms with van der Waals surface area (Å²) in [5.41, 5.74) is 1.39. The van der Waals surface area contributed by atoms with Crippen LogP contribution in [0.3, 0.4) is 0 Å². The molecule has 116 valence electrons. The molecular formula is C16H19FN4O. The molecule has 1 aromatic heterocycles. The molecule has 0 bridgehead atoms. The summed E-state index contributed by atoms with van der Waals surface area (Å²) in [6, 6.07) is 8.44. The molecule has 0 atom stereocenters. The van der Waals surface area contributed by atoms with Gasteiger partial charge in [-0.2, -0.15) is 5.10 Å². The lowest BCUT2D eigenvalue weighted by Gasteiger charge is -2.37. The van der Waals surface area contributed by atoms with Gasteiger partial charge in [-0.15, -0.1) is 0 Å². The first kappa shape index (κ1) is 14.6. The van der Waals surface area contributed by atoms with Gasteiger partial charge in [0.2, 0.25) is 0 Å². The lowest BCUT2D eigenvalue weighted by Crippen LogP contribution is -2.48. The average Bonchev–Trinajstić information content (AvgIpc) is 2.97. The summed E-state index contributed by atoms with van der Waals surface area (Å²) in [5.74, 6) is -0.270. The van der Waals surface area contributed by atoms with Gasteiger partial charge in [0.1, 0.15) is 5.82 Å². The number of aromatic nitrogens is 2. The number of urea groups is 1. The fraction of sp³-hybridized carbons (Fsp3) is 0.375. The number of carbonyl (C=O) groups excluding carboxylic acids is 1. The van der Waals surface area contributed by atoms with Crippen molar-refractivity contribution in [2.24, 2.45) is 0 Å².